The van der Waals surface area contributed by atoms with E-state index in [1.165, 1.54) is 0 Å². The van der Waals surface area contributed by atoms with Gasteiger partial charge in [-0.25, -0.2) is 0 Å². The zero-order chi connectivity index (χ0) is 13.5. The van der Waals surface area contributed by atoms with Crippen LogP contribution < -0.4 is 15.8 Å². The first-order valence-corrected chi connectivity index (χ1v) is 5.90. The minimum absolute atomic E-state index is 0.126. The molecule has 1 amide bonds. The molecule has 1 aromatic carbocycles. The molecule has 0 fully saturated rings. The number of carbonyl (C=O) groups excluding carboxylic acids is 1. The van der Waals surface area contributed by atoms with Crippen LogP contribution in [-0.4, -0.2) is 45.1 Å². The van der Waals surface area contributed by atoms with Gasteiger partial charge in [-0.2, -0.15) is 0 Å². The summed E-state index contributed by atoms with van der Waals surface area (Å²) >= 11 is 0. The van der Waals surface area contributed by atoms with Gasteiger partial charge in [0.25, 0.3) is 5.91 Å². The molecule has 100 valence electrons. The van der Waals surface area contributed by atoms with Crippen molar-refractivity contribution in [3.8, 4) is 5.75 Å². The Kier molecular flexibility index (Phi) is 5.45. The number of rotatable bonds is 6. The highest BCUT2D eigenvalue weighted by molar-refractivity contribution is 5.95. The number of nitrogens with two attached hydrogens (primary N) is 1. The Morgan fingerprint density at radius 1 is 1.39 bits per heavy atom. The molecule has 0 heterocycles. The lowest BCUT2D eigenvalue weighted by molar-refractivity contribution is 0.0952. The summed E-state index contributed by atoms with van der Waals surface area (Å²) in [4.78, 5) is 14.0. The summed E-state index contributed by atoms with van der Waals surface area (Å²) < 4.78 is 5.08. The molecule has 0 saturated carbocycles. The molecule has 3 N–H and O–H groups in total. The molecule has 0 aliphatic carbocycles. The average Bonchev–Trinajstić information content (AvgIpc) is 2.33. The SMILES string of the molecule is COc1cc(N)cc(C(=O)NCCCN(C)C)c1. The van der Waals surface area contributed by atoms with Gasteiger partial charge >= 0.3 is 0 Å². The highest BCUT2D eigenvalue weighted by Crippen LogP contribution is 2.18. The van der Waals surface area contributed by atoms with Crippen LogP contribution in [0.25, 0.3) is 0 Å². The van der Waals surface area contributed by atoms with E-state index in [1.54, 1.807) is 25.3 Å². The monoisotopic (exact) mass is 251 g/mol. The van der Waals surface area contributed by atoms with Gasteiger partial charge in [0.05, 0.1) is 7.11 Å². The first kappa shape index (κ1) is 14.3. The Morgan fingerprint density at radius 2 is 2.11 bits per heavy atom. The fourth-order valence-electron chi connectivity index (χ4n) is 1.57. The largest absolute Gasteiger partial charge is 0.497 e. The second-order valence-electron chi connectivity index (χ2n) is 4.41. The number of methoxy groups -OCH3 is 1. The first-order chi connectivity index (χ1) is 8.52. The maximum atomic E-state index is 11.9. The van der Waals surface area contributed by atoms with Gasteiger partial charge < -0.3 is 20.7 Å². The fourth-order valence-corrected chi connectivity index (χ4v) is 1.57. The Hall–Kier alpha value is -1.75. The van der Waals surface area contributed by atoms with Gasteiger partial charge in [-0.3, -0.25) is 4.79 Å². The molecular formula is C13H21N3O2. The first-order valence-electron chi connectivity index (χ1n) is 5.90. The van der Waals surface area contributed by atoms with Crippen molar-refractivity contribution < 1.29 is 9.53 Å². The molecule has 0 aliphatic heterocycles. The minimum Gasteiger partial charge on any atom is -0.497 e. The standard InChI is InChI=1S/C13H21N3O2/c1-16(2)6-4-5-15-13(17)10-7-11(14)9-12(8-10)18-3/h7-9H,4-6,14H2,1-3H3,(H,15,17). The Bertz CT molecular complexity index is 405. The molecule has 18 heavy (non-hydrogen) atoms. The summed E-state index contributed by atoms with van der Waals surface area (Å²) in [5, 5.41) is 2.86. The molecule has 0 bridgehead atoms. The van der Waals surface area contributed by atoms with Crippen molar-refractivity contribution in [2.24, 2.45) is 0 Å². The smallest absolute Gasteiger partial charge is 0.251 e. The molecule has 0 aromatic heterocycles. The minimum atomic E-state index is -0.126. The number of nitrogen functional groups attached to an aromatic ring is 1. The van der Waals surface area contributed by atoms with E-state index in [0.29, 0.717) is 23.5 Å². The van der Waals surface area contributed by atoms with Gasteiger partial charge in [0.15, 0.2) is 0 Å². The molecule has 0 radical (unpaired) electrons. The van der Waals surface area contributed by atoms with Crippen molar-refractivity contribution in [1.29, 1.82) is 0 Å². The molecule has 1 aromatic rings. The third-order valence-electron chi connectivity index (χ3n) is 2.49. The van der Waals surface area contributed by atoms with Gasteiger partial charge in [0.1, 0.15) is 5.75 Å². The Morgan fingerprint density at radius 3 is 2.72 bits per heavy atom. The van der Waals surface area contributed by atoms with Crippen LogP contribution in [0.4, 0.5) is 5.69 Å². The summed E-state index contributed by atoms with van der Waals surface area (Å²) in [5.41, 5.74) is 6.75. The average molecular weight is 251 g/mol. The molecule has 0 saturated heterocycles. The lowest BCUT2D eigenvalue weighted by Crippen LogP contribution is -2.27. The second kappa shape index (κ2) is 6.86. The van der Waals surface area contributed by atoms with Crippen molar-refractivity contribution in [1.82, 2.24) is 10.2 Å². The molecule has 0 atom stereocenters. The maximum absolute atomic E-state index is 11.9. The van der Waals surface area contributed by atoms with Crippen molar-refractivity contribution in [3.05, 3.63) is 23.8 Å². The number of nitrogens with one attached hydrogen (secondary N) is 1. The molecular weight excluding hydrogens is 230 g/mol. The highest BCUT2D eigenvalue weighted by atomic mass is 16.5. The Labute approximate surface area is 108 Å². The van der Waals surface area contributed by atoms with Gasteiger partial charge in [-0.15, -0.1) is 0 Å². The molecule has 0 spiro atoms. The van der Waals surface area contributed by atoms with E-state index in [9.17, 15) is 4.79 Å². The fraction of sp³-hybridized carbons (Fsp3) is 0.462. The predicted octanol–water partition coefficient (Wildman–Crippen LogP) is 0.959. The maximum Gasteiger partial charge on any atom is 0.251 e. The molecule has 5 nitrogen and oxygen atoms in total. The number of anilines is 1. The highest BCUT2D eigenvalue weighted by Gasteiger charge is 2.07. The van der Waals surface area contributed by atoms with Crippen LogP contribution in [0.2, 0.25) is 0 Å². The topological polar surface area (TPSA) is 67.6 Å². The number of nitrogens with zero attached hydrogens (tertiary/aromatic N) is 1. The van der Waals surface area contributed by atoms with Gasteiger partial charge in [0, 0.05) is 23.9 Å². The van der Waals surface area contributed by atoms with E-state index in [-0.39, 0.29) is 5.91 Å². The molecule has 0 unspecified atom stereocenters. The van der Waals surface area contributed by atoms with Gasteiger partial charge in [0.2, 0.25) is 0 Å². The Balaban J connectivity index is 2.53. The molecule has 1 rings (SSSR count). The van der Waals surface area contributed by atoms with E-state index >= 15 is 0 Å². The van der Waals surface area contributed by atoms with Crippen LogP contribution in [-0.2, 0) is 0 Å². The summed E-state index contributed by atoms with van der Waals surface area (Å²) in [6, 6.07) is 5.00. The quantitative estimate of drug-likeness (QED) is 0.583. The van der Waals surface area contributed by atoms with Crippen LogP contribution in [0.15, 0.2) is 18.2 Å². The summed E-state index contributed by atoms with van der Waals surface area (Å²) in [6.07, 6.45) is 0.915. The number of ether oxygens (including phenoxy) is 1. The third-order valence-corrected chi connectivity index (χ3v) is 2.49. The predicted molar refractivity (Wildman–Crippen MR) is 72.9 cm³/mol. The van der Waals surface area contributed by atoms with Crippen LogP contribution >= 0.6 is 0 Å². The van der Waals surface area contributed by atoms with E-state index < -0.39 is 0 Å². The zero-order valence-corrected chi connectivity index (χ0v) is 11.2. The summed E-state index contributed by atoms with van der Waals surface area (Å²) in [5.74, 6) is 0.466. The van der Waals surface area contributed by atoms with Crippen molar-refractivity contribution in [3.63, 3.8) is 0 Å². The number of hydrogen-bond acceptors (Lipinski definition) is 4. The summed E-state index contributed by atoms with van der Waals surface area (Å²) in [7, 11) is 5.56. The number of hydrogen-bond donors (Lipinski definition) is 2. The second-order valence-corrected chi connectivity index (χ2v) is 4.41. The normalized spacial score (nSPS) is 10.4. The zero-order valence-electron chi connectivity index (χ0n) is 11.2. The lowest BCUT2D eigenvalue weighted by atomic mass is 10.1. The van der Waals surface area contributed by atoms with E-state index in [1.807, 2.05) is 14.1 Å². The van der Waals surface area contributed by atoms with E-state index in [0.717, 1.165) is 13.0 Å². The third kappa shape index (κ3) is 4.63. The van der Waals surface area contributed by atoms with Gasteiger partial charge in [-0.1, -0.05) is 0 Å². The summed E-state index contributed by atoms with van der Waals surface area (Å²) in [6.45, 7) is 1.59. The number of benzene rings is 1. The van der Waals surface area contributed by atoms with E-state index in [4.69, 9.17) is 10.5 Å². The lowest BCUT2D eigenvalue weighted by Gasteiger charge is -2.10. The number of carbonyl (C=O) groups is 1. The van der Waals surface area contributed by atoms with Crippen molar-refractivity contribution in [2.45, 2.75) is 6.42 Å². The van der Waals surface area contributed by atoms with Crippen LogP contribution in [0.1, 0.15) is 16.8 Å². The van der Waals surface area contributed by atoms with Crippen molar-refractivity contribution >= 4 is 11.6 Å². The van der Waals surface area contributed by atoms with Crippen LogP contribution in [0.5, 0.6) is 5.75 Å². The van der Waals surface area contributed by atoms with E-state index in [2.05, 4.69) is 10.2 Å². The molecule has 0 aliphatic rings. The van der Waals surface area contributed by atoms with Crippen LogP contribution in [0.3, 0.4) is 0 Å². The van der Waals surface area contributed by atoms with Gasteiger partial charge in [-0.05, 0) is 39.2 Å². The van der Waals surface area contributed by atoms with Crippen LogP contribution in [0, 0.1) is 0 Å². The number of amides is 1. The molecule has 5 heteroatoms. The van der Waals surface area contributed by atoms with Crippen molar-refractivity contribution in [2.75, 3.05) is 40.0 Å².